The van der Waals surface area contributed by atoms with E-state index >= 15 is 0 Å². The number of nitrogens with zero attached hydrogens (tertiary/aromatic N) is 2. The van der Waals surface area contributed by atoms with E-state index in [0.717, 1.165) is 4.90 Å². The molecular formula is C9H9BrFN3O3S. The number of aromatic nitrogens is 1. The molecule has 1 aromatic rings. The number of hydrogen-bond acceptors (Lipinski definition) is 5. The molecule has 1 aliphatic rings. The molecule has 1 aliphatic heterocycles. The van der Waals surface area contributed by atoms with E-state index in [-0.39, 0.29) is 24.3 Å². The Balaban J connectivity index is 2.36. The lowest BCUT2D eigenvalue weighted by Gasteiger charge is -2.18. The number of carbonyl (C=O) groups excluding carboxylic acids is 1. The van der Waals surface area contributed by atoms with Crippen LogP contribution in [0.2, 0.25) is 0 Å². The SMILES string of the molecule is Nc1c(Br)cncc1N1CC(S(=O)(=O)F)CC1=O. The van der Waals surface area contributed by atoms with Gasteiger partial charge < -0.3 is 10.6 Å². The molecule has 2 heterocycles. The zero-order chi connectivity index (χ0) is 13.5. The smallest absolute Gasteiger partial charge is 0.307 e. The zero-order valence-corrected chi connectivity index (χ0v) is 11.4. The molecule has 0 bridgehead atoms. The van der Waals surface area contributed by atoms with Crippen LogP contribution in [0.3, 0.4) is 0 Å². The van der Waals surface area contributed by atoms with Crippen LogP contribution in [0.1, 0.15) is 6.42 Å². The highest BCUT2D eigenvalue weighted by atomic mass is 79.9. The van der Waals surface area contributed by atoms with Gasteiger partial charge in [-0.25, -0.2) is 0 Å². The van der Waals surface area contributed by atoms with Crippen LogP contribution >= 0.6 is 15.9 Å². The van der Waals surface area contributed by atoms with Crippen molar-refractivity contribution >= 4 is 43.4 Å². The van der Waals surface area contributed by atoms with Gasteiger partial charge in [0.2, 0.25) is 5.91 Å². The van der Waals surface area contributed by atoms with Crippen LogP contribution in [0.25, 0.3) is 0 Å². The molecular weight excluding hydrogens is 329 g/mol. The zero-order valence-electron chi connectivity index (χ0n) is 9.01. The van der Waals surface area contributed by atoms with Crippen molar-refractivity contribution in [3.8, 4) is 0 Å². The lowest BCUT2D eigenvalue weighted by Crippen LogP contribution is -2.27. The molecule has 0 spiro atoms. The highest BCUT2D eigenvalue weighted by Crippen LogP contribution is 2.33. The standard InChI is InChI=1S/C9H9BrFN3O3S/c10-6-2-13-3-7(9(6)12)14-4-5(1-8(14)15)18(11,16)17/h2-3,5H,1,4H2,(H2,12,13). The third kappa shape index (κ3) is 2.32. The maximum absolute atomic E-state index is 12.9. The molecule has 0 aromatic carbocycles. The quantitative estimate of drug-likeness (QED) is 0.807. The van der Waals surface area contributed by atoms with Gasteiger partial charge in [0.05, 0.1) is 22.0 Å². The van der Waals surface area contributed by atoms with Crippen LogP contribution in [0, 0.1) is 0 Å². The average molecular weight is 338 g/mol. The second-order valence-corrected chi connectivity index (χ2v) is 6.33. The summed E-state index contributed by atoms with van der Waals surface area (Å²) >= 11 is 3.15. The predicted molar refractivity (Wildman–Crippen MR) is 67.1 cm³/mol. The number of halogens is 2. The molecule has 0 saturated carbocycles. The van der Waals surface area contributed by atoms with Crippen molar-refractivity contribution in [2.24, 2.45) is 0 Å². The van der Waals surface area contributed by atoms with E-state index in [4.69, 9.17) is 5.73 Å². The van der Waals surface area contributed by atoms with Gasteiger partial charge in [0.25, 0.3) is 0 Å². The summed E-state index contributed by atoms with van der Waals surface area (Å²) in [5.41, 5.74) is 6.29. The number of anilines is 2. The van der Waals surface area contributed by atoms with Crippen LogP contribution in [0.4, 0.5) is 15.3 Å². The van der Waals surface area contributed by atoms with E-state index in [1.165, 1.54) is 12.4 Å². The number of rotatable bonds is 2. The summed E-state index contributed by atoms with van der Waals surface area (Å²) in [7, 11) is -4.73. The number of pyridine rings is 1. The van der Waals surface area contributed by atoms with Crippen molar-refractivity contribution in [2.45, 2.75) is 11.7 Å². The first-order valence-electron chi connectivity index (χ1n) is 4.93. The maximum Gasteiger partial charge on any atom is 0.307 e. The van der Waals surface area contributed by atoms with Gasteiger partial charge in [0, 0.05) is 19.2 Å². The maximum atomic E-state index is 12.9. The Morgan fingerprint density at radius 2 is 2.17 bits per heavy atom. The van der Waals surface area contributed by atoms with Gasteiger partial charge in [0.15, 0.2) is 0 Å². The second kappa shape index (κ2) is 4.47. The first-order chi connectivity index (χ1) is 8.30. The summed E-state index contributed by atoms with van der Waals surface area (Å²) < 4.78 is 35.0. The fourth-order valence-electron chi connectivity index (χ4n) is 1.75. The molecule has 0 radical (unpaired) electrons. The van der Waals surface area contributed by atoms with Crippen LogP contribution < -0.4 is 10.6 Å². The van der Waals surface area contributed by atoms with E-state index < -0.39 is 21.4 Å². The van der Waals surface area contributed by atoms with Crippen molar-refractivity contribution in [1.29, 1.82) is 0 Å². The molecule has 9 heteroatoms. The van der Waals surface area contributed by atoms with Gasteiger partial charge in [-0.1, -0.05) is 0 Å². The summed E-state index contributed by atoms with van der Waals surface area (Å²) in [6.07, 6.45) is 2.40. The Morgan fingerprint density at radius 3 is 2.72 bits per heavy atom. The summed E-state index contributed by atoms with van der Waals surface area (Å²) in [6, 6.07) is 0. The van der Waals surface area contributed by atoms with Crippen LogP contribution in [0.15, 0.2) is 16.9 Å². The van der Waals surface area contributed by atoms with Crippen LogP contribution in [-0.2, 0) is 15.0 Å². The van der Waals surface area contributed by atoms with Crippen molar-refractivity contribution in [2.75, 3.05) is 17.2 Å². The molecule has 1 unspecified atom stereocenters. The molecule has 1 amide bonds. The Kier molecular flexibility index (Phi) is 3.28. The fraction of sp³-hybridized carbons (Fsp3) is 0.333. The van der Waals surface area contributed by atoms with Gasteiger partial charge >= 0.3 is 10.2 Å². The Hall–Kier alpha value is -1.22. The molecule has 2 rings (SSSR count). The van der Waals surface area contributed by atoms with Gasteiger partial charge in [-0.15, -0.1) is 3.89 Å². The minimum Gasteiger partial charge on any atom is -0.396 e. The van der Waals surface area contributed by atoms with Gasteiger partial charge in [-0.3, -0.25) is 9.78 Å². The van der Waals surface area contributed by atoms with E-state index in [9.17, 15) is 17.1 Å². The number of nitrogen functional groups attached to an aromatic ring is 1. The minimum absolute atomic E-state index is 0.250. The molecule has 1 aromatic heterocycles. The molecule has 1 saturated heterocycles. The lowest BCUT2D eigenvalue weighted by atomic mass is 10.3. The molecule has 2 N–H and O–H groups in total. The predicted octanol–water partition coefficient (Wildman–Crippen LogP) is 0.831. The average Bonchev–Trinajstić information content (AvgIpc) is 2.64. The third-order valence-electron chi connectivity index (χ3n) is 2.70. The van der Waals surface area contributed by atoms with E-state index in [1.54, 1.807) is 0 Å². The summed E-state index contributed by atoms with van der Waals surface area (Å²) in [4.78, 5) is 16.7. The van der Waals surface area contributed by atoms with Crippen molar-refractivity contribution < 1.29 is 17.1 Å². The number of hydrogen-bond donors (Lipinski definition) is 1. The summed E-state index contributed by atoms with van der Waals surface area (Å²) in [5, 5.41) is -1.34. The molecule has 1 fully saturated rings. The van der Waals surface area contributed by atoms with Gasteiger partial charge in [-0.05, 0) is 15.9 Å². The largest absolute Gasteiger partial charge is 0.396 e. The Morgan fingerprint density at radius 1 is 1.50 bits per heavy atom. The molecule has 0 aliphatic carbocycles. The Labute approximate surface area is 111 Å². The number of amides is 1. The van der Waals surface area contributed by atoms with Crippen LogP contribution in [-0.4, -0.2) is 31.1 Å². The molecule has 98 valence electrons. The van der Waals surface area contributed by atoms with Gasteiger partial charge in [0.1, 0.15) is 5.25 Å². The molecule has 6 nitrogen and oxygen atoms in total. The fourth-order valence-corrected chi connectivity index (χ4v) is 2.74. The highest BCUT2D eigenvalue weighted by molar-refractivity contribution is 9.10. The van der Waals surface area contributed by atoms with Gasteiger partial charge in [-0.2, -0.15) is 8.42 Å². The van der Waals surface area contributed by atoms with Crippen LogP contribution in [0.5, 0.6) is 0 Å². The first kappa shape index (κ1) is 13.2. The molecule has 1 atom stereocenters. The van der Waals surface area contributed by atoms with E-state index in [0.29, 0.717) is 4.47 Å². The normalized spacial score (nSPS) is 20.4. The number of carbonyl (C=O) groups is 1. The molecule has 18 heavy (non-hydrogen) atoms. The monoisotopic (exact) mass is 337 g/mol. The Bertz CT molecular complexity index is 607. The minimum atomic E-state index is -4.73. The highest BCUT2D eigenvalue weighted by Gasteiger charge is 2.39. The summed E-state index contributed by atoms with van der Waals surface area (Å²) in [6.45, 7) is -0.250. The number of nitrogens with two attached hydrogens (primary N) is 1. The first-order valence-corrected chi connectivity index (χ1v) is 7.17. The van der Waals surface area contributed by atoms with E-state index in [1.807, 2.05) is 0 Å². The third-order valence-corrected chi connectivity index (χ3v) is 4.44. The topological polar surface area (TPSA) is 93.4 Å². The van der Waals surface area contributed by atoms with Crippen molar-refractivity contribution in [3.05, 3.63) is 16.9 Å². The van der Waals surface area contributed by atoms with E-state index in [2.05, 4.69) is 20.9 Å². The lowest BCUT2D eigenvalue weighted by molar-refractivity contribution is -0.117. The van der Waals surface area contributed by atoms with Crippen molar-refractivity contribution in [3.63, 3.8) is 0 Å². The summed E-state index contributed by atoms with van der Waals surface area (Å²) in [5.74, 6) is -0.493. The van der Waals surface area contributed by atoms with Crippen molar-refractivity contribution in [1.82, 2.24) is 4.98 Å². The second-order valence-electron chi connectivity index (χ2n) is 3.86.